The highest BCUT2D eigenvalue weighted by atomic mass is 35.5. The molecule has 2 N–H and O–H groups in total. The number of nitrogens with one attached hydrogen (secondary N) is 2. The van der Waals surface area contributed by atoms with E-state index in [1.165, 1.54) is 25.1 Å². The van der Waals surface area contributed by atoms with Gasteiger partial charge in [0, 0.05) is 12.1 Å². The summed E-state index contributed by atoms with van der Waals surface area (Å²) in [6.07, 6.45) is 0. The summed E-state index contributed by atoms with van der Waals surface area (Å²) < 4.78 is 40.2. The number of anilines is 1. The highest BCUT2D eigenvalue weighted by Gasteiger charge is 2.26. The molecule has 0 bridgehead atoms. The van der Waals surface area contributed by atoms with Crippen LogP contribution in [0.5, 0.6) is 0 Å². The fraction of sp³-hybridized carbons (Fsp3) is 0.176. The number of nitro benzene ring substituents is 1. The number of fused-ring (bicyclic) bond motifs is 1. The molecule has 1 unspecified atom stereocenters. The second-order valence-electron chi connectivity index (χ2n) is 6.31. The Morgan fingerprint density at radius 2 is 2.03 bits per heavy atom. The van der Waals surface area contributed by atoms with Crippen LogP contribution in [0.25, 0.3) is 11.0 Å². The van der Waals surface area contributed by atoms with E-state index in [1.54, 1.807) is 6.07 Å². The van der Waals surface area contributed by atoms with Crippen LogP contribution in [0.2, 0.25) is 5.02 Å². The van der Waals surface area contributed by atoms with Gasteiger partial charge in [0.15, 0.2) is 6.61 Å². The van der Waals surface area contributed by atoms with Crippen molar-refractivity contribution in [3.8, 4) is 0 Å². The van der Waals surface area contributed by atoms with Gasteiger partial charge in [-0.3, -0.25) is 19.7 Å². The van der Waals surface area contributed by atoms with Crippen LogP contribution in [-0.2, 0) is 24.3 Å². The molecule has 0 radical (unpaired) electrons. The molecule has 1 heterocycles. The summed E-state index contributed by atoms with van der Waals surface area (Å²) >= 11 is 6.73. The van der Waals surface area contributed by atoms with E-state index in [9.17, 15) is 28.1 Å². The van der Waals surface area contributed by atoms with Crippen molar-refractivity contribution in [1.82, 2.24) is 13.5 Å². The molecule has 0 saturated heterocycles. The van der Waals surface area contributed by atoms with E-state index < -0.39 is 39.5 Å². The summed E-state index contributed by atoms with van der Waals surface area (Å²) in [6, 6.07) is 6.54. The number of carbonyl (C=O) groups is 2. The normalized spacial score (nSPS) is 12.3. The van der Waals surface area contributed by atoms with Crippen molar-refractivity contribution in [2.45, 2.75) is 17.9 Å². The molecule has 1 amide bonds. The zero-order valence-electron chi connectivity index (χ0n) is 16.1. The minimum Gasteiger partial charge on any atom is -0.454 e. The molecule has 0 spiro atoms. The first kappa shape index (κ1) is 23.5. The molecule has 32 heavy (non-hydrogen) atoms. The van der Waals surface area contributed by atoms with Crippen molar-refractivity contribution in [3.63, 3.8) is 0 Å². The maximum absolute atomic E-state index is 12.6. The molecule has 3 aromatic rings. The number of halogens is 1. The van der Waals surface area contributed by atoms with Crippen molar-refractivity contribution >= 4 is 67.6 Å². The first-order valence-corrected chi connectivity index (χ1v) is 11.3. The van der Waals surface area contributed by atoms with Crippen LogP contribution in [0, 0.1) is 10.1 Å². The van der Waals surface area contributed by atoms with E-state index in [0.29, 0.717) is 5.52 Å². The van der Waals surface area contributed by atoms with E-state index >= 15 is 0 Å². The summed E-state index contributed by atoms with van der Waals surface area (Å²) in [5.74, 6) is -1.77. The quantitative estimate of drug-likeness (QED) is 0.267. The highest BCUT2D eigenvalue weighted by molar-refractivity contribution is 7.89. The number of non-ortho nitro benzene ring substituents is 1. The van der Waals surface area contributed by atoms with Gasteiger partial charge in [-0.1, -0.05) is 17.7 Å². The number of hydrogen-bond acceptors (Lipinski definition) is 10. The minimum absolute atomic E-state index is 0.0780. The Morgan fingerprint density at radius 3 is 2.72 bits per heavy atom. The first-order chi connectivity index (χ1) is 15.1. The van der Waals surface area contributed by atoms with Gasteiger partial charge in [0.25, 0.3) is 11.6 Å². The number of rotatable bonds is 8. The summed E-state index contributed by atoms with van der Waals surface area (Å²) in [6.45, 7) is 0.522. The zero-order valence-corrected chi connectivity index (χ0v) is 18.5. The first-order valence-electron chi connectivity index (χ1n) is 8.72. The lowest BCUT2D eigenvalue weighted by atomic mass is 10.3. The number of hydrogen-bond donors (Lipinski definition) is 2. The Labute approximate surface area is 190 Å². The average molecular weight is 500 g/mol. The summed E-state index contributed by atoms with van der Waals surface area (Å²) in [5, 5.41) is 13.0. The smallest absolute Gasteiger partial charge is 0.324 e. The number of nitro groups is 1. The SMILES string of the molecule is CC(NS(=O)(=O)c1cccc2nsnc12)C(=O)OCC(=O)Nc1ccc([N+](=O)[O-])cc1Cl. The van der Waals surface area contributed by atoms with Crippen molar-refractivity contribution in [1.29, 1.82) is 0 Å². The van der Waals surface area contributed by atoms with Gasteiger partial charge >= 0.3 is 5.97 Å². The number of benzene rings is 2. The number of carbonyl (C=O) groups excluding carboxylic acids is 2. The van der Waals surface area contributed by atoms with E-state index in [-0.39, 0.29) is 26.8 Å². The van der Waals surface area contributed by atoms with Crippen molar-refractivity contribution in [2.24, 2.45) is 0 Å². The molecule has 15 heteroatoms. The van der Waals surface area contributed by atoms with Crippen LogP contribution < -0.4 is 10.0 Å². The average Bonchev–Trinajstić information content (AvgIpc) is 3.21. The Balaban J connectivity index is 1.58. The number of esters is 1. The van der Waals surface area contributed by atoms with Crippen LogP contribution in [-0.4, -0.2) is 46.6 Å². The van der Waals surface area contributed by atoms with Crippen LogP contribution >= 0.6 is 23.3 Å². The monoisotopic (exact) mass is 499 g/mol. The van der Waals surface area contributed by atoms with Crippen molar-refractivity contribution < 1.29 is 27.7 Å². The molecule has 0 aliphatic carbocycles. The van der Waals surface area contributed by atoms with Crippen LogP contribution in [0.1, 0.15) is 6.92 Å². The molecule has 0 aliphatic heterocycles. The third kappa shape index (κ3) is 5.34. The maximum atomic E-state index is 12.6. The number of nitrogens with zero attached hydrogens (tertiary/aromatic N) is 3. The van der Waals surface area contributed by atoms with Gasteiger partial charge in [-0.05, 0) is 25.1 Å². The van der Waals surface area contributed by atoms with Crippen molar-refractivity contribution in [3.05, 3.63) is 51.5 Å². The van der Waals surface area contributed by atoms with Gasteiger partial charge < -0.3 is 10.1 Å². The van der Waals surface area contributed by atoms with E-state index in [0.717, 1.165) is 23.9 Å². The fourth-order valence-electron chi connectivity index (χ4n) is 2.51. The fourth-order valence-corrected chi connectivity index (χ4v) is 4.69. The summed E-state index contributed by atoms with van der Waals surface area (Å²) in [4.78, 5) is 34.1. The number of sulfonamides is 1. The molecule has 168 valence electrons. The van der Waals surface area contributed by atoms with Gasteiger partial charge in [0.2, 0.25) is 10.0 Å². The second kappa shape index (κ2) is 9.52. The number of ether oxygens (including phenoxy) is 1. The molecule has 0 aliphatic rings. The zero-order chi connectivity index (χ0) is 23.5. The third-order valence-corrected chi connectivity index (χ3v) is 6.43. The topological polar surface area (TPSA) is 170 Å². The lowest BCUT2D eigenvalue weighted by Gasteiger charge is -2.14. The minimum atomic E-state index is -4.12. The molecule has 1 aromatic heterocycles. The van der Waals surface area contributed by atoms with E-state index in [4.69, 9.17) is 16.3 Å². The Kier molecular flexibility index (Phi) is 6.98. The van der Waals surface area contributed by atoms with Crippen LogP contribution in [0.15, 0.2) is 41.3 Å². The van der Waals surface area contributed by atoms with Gasteiger partial charge in [-0.2, -0.15) is 13.5 Å². The third-order valence-electron chi connectivity index (χ3n) is 4.01. The molecular weight excluding hydrogens is 486 g/mol. The van der Waals surface area contributed by atoms with Crippen LogP contribution in [0.3, 0.4) is 0 Å². The van der Waals surface area contributed by atoms with E-state index in [2.05, 4.69) is 18.8 Å². The Hall–Kier alpha value is -3.20. The molecule has 3 rings (SSSR count). The molecular formula is C17H14ClN5O7S2. The van der Waals surface area contributed by atoms with Gasteiger partial charge in [0.1, 0.15) is 22.0 Å². The maximum Gasteiger partial charge on any atom is 0.324 e. The predicted octanol–water partition coefficient (Wildman–Crippen LogP) is 2.10. The largest absolute Gasteiger partial charge is 0.454 e. The van der Waals surface area contributed by atoms with Gasteiger partial charge in [0.05, 0.1) is 27.4 Å². The lowest BCUT2D eigenvalue weighted by Crippen LogP contribution is -2.40. The molecule has 12 nitrogen and oxygen atoms in total. The summed E-state index contributed by atoms with van der Waals surface area (Å²) in [7, 11) is -4.12. The highest BCUT2D eigenvalue weighted by Crippen LogP contribution is 2.26. The van der Waals surface area contributed by atoms with Crippen LogP contribution in [0.4, 0.5) is 11.4 Å². The summed E-state index contributed by atoms with van der Waals surface area (Å²) in [5.41, 5.74) is 0.390. The molecule has 2 aromatic carbocycles. The Bertz CT molecular complexity index is 1310. The standard InChI is InChI=1S/C17H14ClN5O7S2/c1-9(22-32(28,29)14-4-2-3-13-16(14)21-31-20-13)17(25)30-8-15(24)19-12-6-5-10(23(26)27)7-11(12)18/h2-7,9,22H,8H2,1H3,(H,19,24). The number of aromatic nitrogens is 2. The van der Waals surface area contributed by atoms with Crippen molar-refractivity contribution in [2.75, 3.05) is 11.9 Å². The molecule has 0 saturated carbocycles. The Morgan fingerprint density at radius 1 is 1.28 bits per heavy atom. The van der Waals surface area contributed by atoms with Gasteiger partial charge in [-0.15, -0.1) is 0 Å². The number of amides is 1. The second-order valence-corrected chi connectivity index (χ2v) is 8.93. The predicted molar refractivity (Wildman–Crippen MR) is 115 cm³/mol. The van der Waals surface area contributed by atoms with Gasteiger partial charge in [-0.25, -0.2) is 8.42 Å². The lowest BCUT2D eigenvalue weighted by molar-refractivity contribution is -0.384. The molecule has 1 atom stereocenters. The van der Waals surface area contributed by atoms with E-state index in [1.807, 2.05) is 0 Å². The molecule has 0 fully saturated rings.